The van der Waals surface area contributed by atoms with Crippen molar-refractivity contribution in [1.29, 1.82) is 0 Å². The highest BCUT2D eigenvalue weighted by atomic mass is 35.5. The highest BCUT2D eigenvalue weighted by Crippen LogP contribution is 2.26. The van der Waals surface area contributed by atoms with Crippen molar-refractivity contribution in [2.75, 3.05) is 44.2 Å². The molecule has 2 aromatic carbocycles. The molecule has 134 valence electrons. The third-order valence-electron chi connectivity index (χ3n) is 4.29. The fourth-order valence-corrected chi connectivity index (χ4v) is 3.33. The smallest absolute Gasteiger partial charge is 0.119 e. The summed E-state index contributed by atoms with van der Waals surface area (Å²) < 4.78 is 5.61. The van der Waals surface area contributed by atoms with Gasteiger partial charge in [0.05, 0.1) is 10.7 Å². The van der Waals surface area contributed by atoms with Gasteiger partial charge in [0.15, 0.2) is 0 Å². The van der Waals surface area contributed by atoms with Crippen molar-refractivity contribution in [3.05, 3.63) is 58.6 Å². The molecule has 0 saturated carbocycles. The van der Waals surface area contributed by atoms with Gasteiger partial charge in [-0.15, -0.1) is 0 Å². The maximum atomic E-state index is 10.2. The summed E-state index contributed by atoms with van der Waals surface area (Å²) in [5, 5.41) is 11.7. The van der Waals surface area contributed by atoms with E-state index in [4.69, 9.17) is 27.9 Å². The normalized spacial score (nSPS) is 16.7. The Labute approximate surface area is 158 Å². The van der Waals surface area contributed by atoms with Gasteiger partial charge in [-0.1, -0.05) is 35.3 Å². The minimum atomic E-state index is -0.525. The van der Waals surface area contributed by atoms with Crippen molar-refractivity contribution in [2.45, 2.75) is 6.10 Å². The standard InChI is InChI=1S/C19H22Cl2N2O2/c20-15-5-7-17(8-6-15)25-14-16(24)13-22-9-11-23(12-10-22)19-4-2-1-3-18(19)21/h1-8,16,24H,9-14H2. The summed E-state index contributed by atoms with van der Waals surface area (Å²) in [5.41, 5.74) is 1.08. The lowest BCUT2D eigenvalue weighted by atomic mass is 10.2. The molecule has 0 radical (unpaired) electrons. The van der Waals surface area contributed by atoms with Gasteiger partial charge in [0.1, 0.15) is 18.5 Å². The predicted octanol–water partition coefficient (Wildman–Crippen LogP) is 3.56. The summed E-state index contributed by atoms with van der Waals surface area (Å²) in [6.45, 7) is 4.45. The van der Waals surface area contributed by atoms with Gasteiger partial charge in [-0.2, -0.15) is 0 Å². The van der Waals surface area contributed by atoms with Crippen LogP contribution in [0.3, 0.4) is 0 Å². The molecule has 25 heavy (non-hydrogen) atoms. The Bertz CT molecular complexity index is 673. The lowest BCUT2D eigenvalue weighted by Gasteiger charge is -2.37. The first-order chi connectivity index (χ1) is 12.1. The van der Waals surface area contributed by atoms with E-state index in [1.807, 2.05) is 24.3 Å². The van der Waals surface area contributed by atoms with Crippen molar-refractivity contribution in [3.63, 3.8) is 0 Å². The Balaban J connectivity index is 1.42. The van der Waals surface area contributed by atoms with E-state index in [-0.39, 0.29) is 6.61 Å². The van der Waals surface area contributed by atoms with E-state index in [2.05, 4.69) is 9.80 Å². The predicted molar refractivity (Wildman–Crippen MR) is 103 cm³/mol. The van der Waals surface area contributed by atoms with E-state index in [1.165, 1.54) is 0 Å². The summed E-state index contributed by atoms with van der Waals surface area (Å²) in [5.74, 6) is 0.715. The highest BCUT2D eigenvalue weighted by molar-refractivity contribution is 6.33. The molecule has 1 atom stereocenters. The SMILES string of the molecule is OC(COc1ccc(Cl)cc1)CN1CCN(c2ccccc2Cl)CC1. The fourth-order valence-electron chi connectivity index (χ4n) is 2.95. The average molecular weight is 381 g/mol. The number of halogens is 2. The first-order valence-electron chi connectivity index (χ1n) is 8.40. The lowest BCUT2D eigenvalue weighted by Crippen LogP contribution is -2.49. The van der Waals surface area contributed by atoms with Gasteiger partial charge < -0.3 is 14.7 Å². The topological polar surface area (TPSA) is 35.9 Å². The Hall–Kier alpha value is -1.46. The number of β-amino-alcohol motifs (C(OH)–C–C–N with tert-alkyl or cyclic N) is 1. The van der Waals surface area contributed by atoms with Gasteiger partial charge in [-0.3, -0.25) is 4.90 Å². The van der Waals surface area contributed by atoms with E-state index in [0.29, 0.717) is 17.3 Å². The number of ether oxygens (including phenoxy) is 1. The molecule has 1 aliphatic rings. The minimum Gasteiger partial charge on any atom is -0.491 e. The Kier molecular flexibility index (Phi) is 6.43. The fraction of sp³-hybridized carbons (Fsp3) is 0.368. The second kappa shape index (κ2) is 8.77. The number of nitrogens with zero attached hydrogens (tertiary/aromatic N) is 2. The summed E-state index contributed by atoms with van der Waals surface area (Å²) >= 11 is 12.1. The van der Waals surface area contributed by atoms with Crippen LogP contribution in [0.4, 0.5) is 5.69 Å². The molecule has 1 saturated heterocycles. The van der Waals surface area contributed by atoms with Crippen molar-refractivity contribution in [1.82, 2.24) is 4.90 Å². The minimum absolute atomic E-state index is 0.270. The molecule has 1 aliphatic heterocycles. The van der Waals surface area contributed by atoms with Crippen LogP contribution < -0.4 is 9.64 Å². The molecule has 1 fully saturated rings. The van der Waals surface area contributed by atoms with E-state index >= 15 is 0 Å². The number of rotatable bonds is 6. The molecule has 0 amide bonds. The van der Waals surface area contributed by atoms with Crippen LogP contribution in [-0.4, -0.2) is 55.4 Å². The molecule has 0 aromatic heterocycles. The summed E-state index contributed by atoms with van der Waals surface area (Å²) in [6, 6.07) is 15.1. The lowest BCUT2D eigenvalue weighted by molar-refractivity contribution is 0.0663. The maximum absolute atomic E-state index is 10.2. The number of para-hydroxylation sites is 1. The number of hydrogen-bond acceptors (Lipinski definition) is 4. The molecule has 6 heteroatoms. The number of anilines is 1. The third kappa shape index (κ3) is 5.25. The van der Waals surface area contributed by atoms with Crippen LogP contribution in [0.2, 0.25) is 10.0 Å². The first-order valence-corrected chi connectivity index (χ1v) is 9.15. The largest absolute Gasteiger partial charge is 0.491 e. The molecule has 1 unspecified atom stereocenters. The van der Waals surface area contributed by atoms with Gasteiger partial charge in [-0.25, -0.2) is 0 Å². The summed E-state index contributed by atoms with van der Waals surface area (Å²) in [7, 11) is 0. The van der Waals surface area contributed by atoms with Gasteiger partial charge in [0.25, 0.3) is 0 Å². The third-order valence-corrected chi connectivity index (χ3v) is 4.86. The van der Waals surface area contributed by atoms with Crippen LogP contribution in [-0.2, 0) is 0 Å². The zero-order valence-corrected chi connectivity index (χ0v) is 15.5. The van der Waals surface area contributed by atoms with Crippen LogP contribution in [0.15, 0.2) is 48.5 Å². The van der Waals surface area contributed by atoms with Crippen LogP contribution in [0, 0.1) is 0 Å². The Morgan fingerprint density at radius 3 is 2.32 bits per heavy atom. The van der Waals surface area contributed by atoms with E-state index in [1.54, 1.807) is 24.3 Å². The van der Waals surface area contributed by atoms with Crippen LogP contribution in [0.1, 0.15) is 0 Å². The van der Waals surface area contributed by atoms with Gasteiger partial charge in [-0.05, 0) is 36.4 Å². The highest BCUT2D eigenvalue weighted by Gasteiger charge is 2.20. The zero-order chi connectivity index (χ0) is 17.6. The average Bonchev–Trinajstić information content (AvgIpc) is 2.62. The monoisotopic (exact) mass is 380 g/mol. The summed E-state index contributed by atoms with van der Waals surface area (Å²) in [4.78, 5) is 4.54. The van der Waals surface area contributed by atoms with Crippen molar-refractivity contribution in [3.8, 4) is 5.75 Å². The second-order valence-corrected chi connectivity index (χ2v) is 7.00. The van der Waals surface area contributed by atoms with Gasteiger partial charge in [0, 0.05) is 37.7 Å². The molecule has 3 rings (SSSR count). The number of piperazine rings is 1. The molecule has 1 heterocycles. The Morgan fingerprint density at radius 2 is 1.64 bits per heavy atom. The second-order valence-electron chi connectivity index (χ2n) is 6.16. The molecule has 4 nitrogen and oxygen atoms in total. The quantitative estimate of drug-likeness (QED) is 0.830. The summed E-state index contributed by atoms with van der Waals surface area (Å²) in [6.07, 6.45) is -0.525. The number of aliphatic hydroxyl groups excluding tert-OH is 1. The molecular weight excluding hydrogens is 359 g/mol. The molecular formula is C19H22Cl2N2O2. The van der Waals surface area contributed by atoms with Crippen LogP contribution in [0.25, 0.3) is 0 Å². The van der Waals surface area contributed by atoms with Gasteiger partial charge in [0.2, 0.25) is 0 Å². The maximum Gasteiger partial charge on any atom is 0.119 e. The molecule has 1 N–H and O–H groups in total. The number of benzene rings is 2. The number of hydrogen-bond donors (Lipinski definition) is 1. The van der Waals surface area contributed by atoms with E-state index < -0.39 is 6.10 Å². The van der Waals surface area contributed by atoms with Crippen molar-refractivity contribution in [2.24, 2.45) is 0 Å². The van der Waals surface area contributed by atoms with Crippen molar-refractivity contribution < 1.29 is 9.84 Å². The first kappa shape index (κ1) is 18.3. The molecule has 0 aliphatic carbocycles. The van der Waals surface area contributed by atoms with E-state index in [0.717, 1.165) is 36.9 Å². The molecule has 2 aromatic rings. The van der Waals surface area contributed by atoms with Crippen molar-refractivity contribution >= 4 is 28.9 Å². The van der Waals surface area contributed by atoms with E-state index in [9.17, 15) is 5.11 Å². The van der Waals surface area contributed by atoms with Crippen LogP contribution in [0.5, 0.6) is 5.75 Å². The zero-order valence-electron chi connectivity index (χ0n) is 13.9. The Morgan fingerprint density at radius 1 is 0.960 bits per heavy atom. The van der Waals surface area contributed by atoms with Crippen LogP contribution >= 0.6 is 23.2 Å². The van der Waals surface area contributed by atoms with Gasteiger partial charge >= 0.3 is 0 Å². The molecule has 0 bridgehead atoms. The number of aliphatic hydroxyl groups is 1. The molecule has 0 spiro atoms.